The van der Waals surface area contributed by atoms with Gasteiger partial charge in [0, 0.05) is 25.8 Å². The molecule has 1 aromatic rings. The summed E-state index contributed by atoms with van der Waals surface area (Å²) in [5, 5.41) is 3.20. The molecule has 0 bridgehead atoms. The molecule has 1 aromatic heterocycles. The maximum atomic E-state index is 12.5. The predicted octanol–water partition coefficient (Wildman–Crippen LogP) is 2.42. The van der Waals surface area contributed by atoms with Crippen molar-refractivity contribution >= 4 is 27.6 Å². The fourth-order valence-corrected chi connectivity index (χ4v) is 4.22. The number of anilines is 1. The maximum Gasteiger partial charge on any atom is 0.244 e. The highest BCUT2D eigenvalue weighted by Gasteiger charge is 2.25. The maximum absolute atomic E-state index is 12.5. The zero-order valence-corrected chi connectivity index (χ0v) is 14.0. The van der Waals surface area contributed by atoms with Gasteiger partial charge >= 0.3 is 0 Å². The molecule has 0 saturated carbocycles. The average Bonchev–Trinajstić information content (AvgIpc) is 2.53. The fourth-order valence-electron chi connectivity index (χ4n) is 2.32. The molecule has 1 aliphatic rings. The molecule has 1 fully saturated rings. The molecule has 0 amide bonds. The fraction of sp³-hybridized carbons (Fsp3) is 0.643. The predicted molar refractivity (Wildman–Crippen MR) is 88.3 cm³/mol. The van der Waals surface area contributed by atoms with Gasteiger partial charge in [0.1, 0.15) is 10.7 Å². The summed E-state index contributed by atoms with van der Waals surface area (Å²) in [6, 6.07) is 3.39. The second kappa shape index (κ2) is 8.00. The van der Waals surface area contributed by atoms with Crippen LogP contribution in [0.25, 0.3) is 0 Å². The Morgan fingerprint density at radius 3 is 2.67 bits per heavy atom. The SMILES string of the molecule is CSCCCNc1ccc(S(=O)(=O)N2CCCCC2)cn1. The van der Waals surface area contributed by atoms with Crippen LogP contribution in [0.2, 0.25) is 0 Å². The third kappa shape index (κ3) is 4.59. The van der Waals surface area contributed by atoms with Gasteiger partial charge in [-0.15, -0.1) is 0 Å². The van der Waals surface area contributed by atoms with Crippen molar-refractivity contribution < 1.29 is 8.42 Å². The van der Waals surface area contributed by atoms with Gasteiger partial charge in [0.25, 0.3) is 0 Å². The van der Waals surface area contributed by atoms with E-state index in [1.54, 1.807) is 16.4 Å². The summed E-state index contributed by atoms with van der Waals surface area (Å²) >= 11 is 1.81. The molecule has 1 N–H and O–H groups in total. The number of hydrogen-bond donors (Lipinski definition) is 1. The Kier molecular flexibility index (Phi) is 6.32. The molecule has 0 aliphatic carbocycles. The monoisotopic (exact) mass is 329 g/mol. The van der Waals surface area contributed by atoms with Crippen molar-refractivity contribution in [2.45, 2.75) is 30.6 Å². The van der Waals surface area contributed by atoms with E-state index in [1.807, 2.05) is 11.8 Å². The van der Waals surface area contributed by atoms with E-state index in [4.69, 9.17) is 0 Å². The highest BCUT2D eigenvalue weighted by atomic mass is 32.2. The Labute approximate surface area is 131 Å². The van der Waals surface area contributed by atoms with Crippen LogP contribution in [0.3, 0.4) is 0 Å². The second-order valence-electron chi connectivity index (χ2n) is 5.12. The van der Waals surface area contributed by atoms with E-state index in [-0.39, 0.29) is 0 Å². The summed E-state index contributed by atoms with van der Waals surface area (Å²) in [5.41, 5.74) is 0. The van der Waals surface area contributed by atoms with Crippen molar-refractivity contribution in [3.8, 4) is 0 Å². The van der Waals surface area contributed by atoms with Crippen molar-refractivity contribution in [1.82, 2.24) is 9.29 Å². The van der Waals surface area contributed by atoms with Crippen LogP contribution in [0.4, 0.5) is 5.82 Å². The zero-order valence-electron chi connectivity index (χ0n) is 12.4. The Hall–Kier alpha value is -0.790. The van der Waals surface area contributed by atoms with Gasteiger partial charge in [0.2, 0.25) is 10.0 Å². The topological polar surface area (TPSA) is 62.3 Å². The summed E-state index contributed by atoms with van der Waals surface area (Å²) in [7, 11) is -3.37. The van der Waals surface area contributed by atoms with E-state index in [9.17, 15) is 8.42 Å². The molecule has 1 aliphatic heterocycles. The minimum atomic E-state index is -3.37. The van der Waals surface area contributed by atoms with Crippen LogP contribution in [0.1, 0.15) is 25.7 Å². The summed E-state index contributed by atoms with van der Waals surface area (Å²) in [5.74, 6) is 1.84. The molecule has 2 heterocycles. The standard InChI is InChI=1S/C14H23N3O2S2/c1-20-11-5-8-15-14-7-6-13(12-16-14)21(18,19)17-9-3-2-4-10-17/h6-7,12H,2-5,8-11H2,1H3,(H,15,16). The van der Waals surface area contributed by atoms with E-state index in [0.717, 1.165) is 43.8 Å². The normalized spacial score (nSPS) is 16.8. The van der Waals surface area contributed by atoms with Crippen LogP contribution in [0.5, 0.6) is 0 Å². The number of sulfonamides is 1. The molecule has 7 heteroatoms. The smallest absolute Gasteiger partial charge is 0.244 e. The largest absolute Gasteiger partial charge is 0.370 e. The number of hydrogen-bond acceptors (Lipinski definition) is 5. The molecular weight excluding hydrogens is 306 g/mol. The average molecular weight is 329 g/mol. The summed E-state index contributed by atoms with van der Waals surface area (Å²) in [6.45, 7) is 2.10. The van der Waals surface area contributed by atoms with E-state index >= 15 is 0 Å². The van der Waals surface area contributed by atoms with Gasteiger partial charge < -0.3 is 5.32 Å². The summed E-state index contributed by atoms with van der Waals surface area (Å²) in [6.07, 6.45) is 7.61. The molecule has 5 nitrogen and oxygen atoms in total. The molecular formula is C14H23N3O2S2. The van der Waals surface area contributed by atoms with Gasteiger partial charge in [-0.25, -0.2) is 13.4 Å². The Morgan fingerprint density at radius 1 is 1.29 bits per heavy atom. The van der Waals surface area contributed by atoms with Gasteiger partial charge in [-0.1, -0.05) is 6.42 Å². The van der Waals surface area contributed by atoms with Crippen LogP contribution in [-0.4, -0.2) is 49.3 Å². The van der Waals surface area contributed by atoms with Gasteiger partial charge in [0.05, 0.1) is 0 Å². The molecule has 0 radical (unpaired) electrons. The van der Waals surface area contributed by atoms with Crippen LogP contribution in [0, 0.1) is 0 Å². The van der Waals surface area contributed by atoms with Crippen molar-refractivity contribution in [3.05, 3.63) is 18.3 Å². The number of nitrogens with zero attached hydrogens (tertiary/aromatic N) is 2. The van der Waals surface area contributed by atoms with Crippen LogP contribution < -0.4 is 5.32 Å². The number of piperidine rings is 1. The van der Waals surface area contributed by atoms with E-state index < -0.39 is 10.0 Å². The lowest BCUT2D eigenvalue weighted by Gasteiger charge is -2.25. The molecule has 0 spiro atoms. The van der Waals surface area contributed by atoms with Crippen molar-refractivity contribution in [2.75, 3.05) is 37.0 Å². The number of aromatic nitrogens is 1. The molecule has 118 valence electrons. The first-order valence-corrected chi connectivity index (χ1v) is 10.2. The van der Waals surface area contributed by atoms with Crippen LogP contribution >= 0.6 is 11.8 Å². The Morgan fingerprint density at radius 2 is 2.05 bits per heavy atom. The van der Waals surface area contributed by atoms with E-state index in [1.165, 1.54) is 6.20 Å². The summed E-state index contributed by atoms with van der Waals surface area (Å²) < 4.78 is 26.5. The van der Waals surface area contributed by atoms with E-state index in [2.05, 4.69) is 16.6 Å². The lowest BCUT2D eigenvalue weighted by molar-refractivity contribution is 0.346. The quantitative estimate of drug-likeness (QED) is 0.779. The van der Waals surface area contributed by atoms with Crippen LogP contribution in [-0.2, 0) is 10.0 Å². The van der Waals surface area contributed by atoms with Crippen molar-refractivity contribution in [2.24, 2.45) is 0 Å². The molecule has 21 heavy (non-hydrogen) atoms. The van der Waals surface area contributed by atoms with Crippen molar-refractivity contribution in [1.29, 1.82) is 0 Å². The van der Waals surface area contributed by atoms with E-state index in [0.29, 0.717) is 18.0 Å². The number of rotatable bonds is 7. The zero-order chi connectivity index (χ0) is 15.1. The molecule has 0 aromatic carbocycles. The second-order valence-corrected chi connectivity index (χ2v) is 8.04. The highest BCUT2D eigenvalue weighted by Crippen LogP contribution is 2.20. The van der Waals surface area contributed by atoms with Crippen molar-refractivity contribution in [3.63, 3.8) is 0 Å². The Bertz CT molecular complexity index is 526. The van der Waals surface area contributed by atoms with Gasteiger partial charge in [-0.05, 0) is 43.4 Å². The van der Waals surface area contributed by atoms with Gasteiger partial charge in [-0.3, -0.25) is 0 Å². The first-order chi connectivity index (χ1) is 10.1. The lowest BCUT2D eigenvalue weighted by atomic mass is 10.2. The third-order valence-electron chi connectivity index (χ3n) is 3.52. The number of nitrogens with one attached hydrogen (secondary N) is 1. The van der Waals surface area contributed by atoms with Crippen LogP contribution in [0.15, 0.2) is 23.2 Å². The number of thioether (sulfide) groups is 1. The Balaban J connectivity index is 1.97. The summed E-state index contributed by atoms with van der Waals surface area (Å²) in [4.78, 5) is 4.50. The third-order valence-corrected chi connectivity index (χ3v) is 6.10. The molecule has 2 rings (SSSR count). The molecule has 1 saturated heterocycles. The molecule has 0 unspecified atom stereocenters. The first-order valence-electron chi connectivity index (χ1n) is 7.33. The minimum Gasteiger partial charge on any atom is -0.370 e. The van der Waals surface area contributed by atoms with Gasteiger partial charge in [0.15, 0.2) is 0 Å². The minimum absolute atomic E-state index is 0.291. The van der Waals surface area contributed by atoms with Gasteiger partial charge in [-0.2, -0.15) is 16.1 Å². The molecule has 0 atom stereocenters. The lowest BCUT2D eigenvalue weighted by Crippen LogP contribution is -2.35. The first kappa shape index (κ1) is 16.6. The number of pyridine rings is 1. The highest BCUT2D eigenvalue weighted by molar-refractivity contribution is 7.98.